The standard InChI is InChI=1S/C22H17ClN4O3S2/c1-14-13-16(9-12-19(14)27-32(29,30)18-5-3-2-4-6-18)20(28)24-22-26-25-21(31-22)15-7-10-17(23)11-8-15/h2-13,27H,1H3,(H,24,26,28). The van der Waals surface area contributed by atoms with E-state index in [1.54, 1.807) is 55.5 Å². The summed E-state index contributed by atoms with van der Waals surface area (Å²) in [4.78, 5) is 12.8. The number of hydrogen-bond donors (Lipinski definition) is 2. The van der Waals surface area contributed by atoms with Gasteiger partial charge in [-0.3, -0.25) is 14.8 Å². The Kier molecular flexibility index (Phi) is 6.22. The van der Waals surface area contributed by atoms with Crippen LogP contribution in [0, 0.1) is 6.92 Å². The van der Waals surface area contributed by atoms with Crippen molar-refractivity contribution in [3.8, 4) is 10.6 Å². The van der Waals surface area contributed by atoms with Crippen molar-refractivity contribution in [2.24, 2.45) is 0 Å². The maximum Gasteiger partial charge on any atom is 0.261 e. The van der Waals surface area contributed by atoms with E-state index >= 15 is 0 Å². The predicted molar refractivity (Wildman–Crippen MR) is 127 cm³/mol. The number of carbonyl (C=O) groups excluding carboxylic acids is 1. The number of rotatable bonds is 6. The molecule has 0 aliphatic heterocycles. The van der Waals surface area contributed by atoms with Crippen LogP contribution in [0.5, 0.6) is 0 Å². The number of aromatic nitrogens is 2. The van der Waals surface area contributed by atoms with Crippen LogP contribution in [-0.2, 0) is 10.0 Å². The highest BCUT2D eigenvalue weighted by Crippen LogP contribution is 2.28. The molecule has 1 amide bonds. The van der Waals surface area contributed by atoms with Crippen molar-refractivity contribution in [3.05, 3.63) is 88.9 Å². The van der Waals surface area contributed by atoms with Crippen LogP contribution in [0.2, 0.25) is 5.02 Å². The molecular weight excluding hydrogens is 468 g/mol. The molecule has 0 saturated carbocycles. The van der Waals surface area contributed by atoms with Crippen molar-refractivity contribution in [2.45, 2.75) is 11.8 Å². The van der Waals surface area contributed by atoms with Gasteiger partial charge in [0.15, 0.2) is 0 Å². The van der Waals surface area contributed by atoms with Crippen LogP contribution in [0.1, 0.15) is 15.9 Å². The zero-order valence-corrected chi connectivity index (χ0v) is 19.1. The second-order valence-corrected chi connectivity index (χ2v) is 9.92. The Morgan fingerprint density at radius 2 is 1.69 bits per heavy atom. The van der Waals surface area contributed by atoms with Crippen molar-refractivity contribution in [1.29, 1.82) is 0 Å². The lowest BCUT2D eigenvalue weighted by Crippen LogP contribution is -2.15. The van der Waals surface area contributed by atoms with Gasteiger partial charge in [0.05, 0.1) is 10.6 Å². The van der Waals surface area contributed by atoms with E-state index < -0.39 is 10.0 Å². The van der Waals surface area contributed by atoms with Gasteiger partial charge in [0.1, 0.15) is 5.01 Å². The Labute approximate surface area is 194 Å². The fourth-order valence-electron chi connectivity index (χ4n) is 2.87. The van der Waals surface area contributed by atoms with Crippen molar-refractivity contribution < 1.29 is 13.2 Å². The second kappa shape index (κ2) is 9.07. The molecule has 3 aromatic carbocycles. The fourth-order valence-corrected chi connectivity index (χ4v) is 4.90. The van der Waals surface area contributed by atoms with Crippen LogP contribution >= 0.6 is 22.9 Å². The molecule has 1 aromatic heterocycles. The summed E-state index contributed by atoms with van der Waals surface area (Å²) in [6.45, 7) is 1.73. The van der Waals surface area contributed by atoms with E-state index in [0.717, 1.165) is 5.56 Å². The fraction of sp³-hybridized carbons (Fsp3) is 0.0455. The van der Waals surface area contributed by atoms with Gasteiger partial charge >= 0.3 is 0 Å². The maximum absolute atomic E-state index is 12.6. The number of hydrogen-bond acceptors (Lipinski definition) is 6. The average molecular weight is 485 g/mol. The lowest BCUT2D eigenvalue weighted by Gasteiger charge is -2.11. The first-order valence-corrected chi connectivity index (χ1v) is 12.1. The van der Waals surface area contributed by atoms with Gasteiger partial charge < -0.3 is 0 Å². The number of anilines is 2. The van der Waals surface area contributed by atoms with Crippen LogP contribution < -0.4 is 10.0 Å². The molecule has 0 saturated heterocycles. The van der Waals surface area contributed by atoms with E-state index in [-0.39, 0.29) is 10.8 Å². The molecule has 10 heteroatoms. The monoisotopic (exact) mass is 484 g/mol. The third-order valence-electron chi connectivity index (χ3n) is 4.52. The summed E-state index contributed by atoms with van der Waals surface area (Å²) in [5.41, 5.74) is 2.22. The van der Waals surface area contributed by atoms with Gasteiger partial charge in [-0.05, 0) is 55.0 Å². The van der Waals surface area contributed by atoms with Crippen molar-refractivity contribution >= 4 is 49.7 Å². The number of amides is 1. The molecule has 0 radical (unpaired) electrons. The molecule has 0 bridgehead atoms. The van der Waals surface area contributed by atoms with Crippen molar-refractivity contribution in [1.82, 2.24) is 10.2 Å². The molecule has 7 nitrogen and oxygen atoms in total. The largest absolute Gasteiger partial charge is 0.296 e. The normalized spacial score (nSPS) is 11.2. The van der Waals surface area contributed by atoms with E-state index in [9.17, 15) is 13.2 Å². The second-order valence-electron chi connectivity index (χ2n) is 6.82. The van der Waals surface area contributed by atoms with Crippen molar-refractivity contribution in [3.63, 3.8) is 0 Å². The number of halogens is 1. The van der Waals surface area contributed by atoms with E-state index in [0.29, 0.717) is 32.0 Å². The van der Waals surface area contributed by atoms with E-state index in [1.807, 2.05) is 12.1 Å². The first-order valence-electron chi connectivity index (χ1n) is 9.41. The predicted octanol–water partition coefficient (Wildman–Crippen LogP) is 5.22. The van der Waals surface area contributed by atoms with Gasteiger partial charge in [-0.25, -0.2) is 8.42 Å². The number of sulfonamides is 1. The molecule has 1 heterocycles. The maximum atomic E-state index is 12.6. The van der Waals surface area contributed by atoms with Crippen LogP contribution in [-0.4, -0.2) is 24.5 Å². The Balaban J connectivity index is 1.47. The Bertz CT molecular complexity index is 1370. The number of benzene rings is 3. The summed E-state index contributed by atoms with van der Waals surface area (Å²) in [7, 11) is -3.72. The minimum Gasteiger partial charge on any atom is -0.296 e. The molecule has 0 spiro atoms. The average Bonchev–Trinajstić information content (AvgIpc) is 3.24. The lowest BCUT2D eigenvalue weighted by molar-refractivity contribution is 0.102. The molecule has 4 rings (SSSR count). The summed E-state index contributed by atoms with van der Waals surface area (Å²) in [5.74, 6) is -0.371. The Morgan fingerprint density at radius 3 is 2.38 bits per heavy atom. The van der Waals surface area contributed by atoms with E-state index in [2.05, 4.69) is 20.2 Å². The first-order chi connectivity index (χ1) is 15.3. The quantitative estimate of drug-likeness (QED) is 0.390. The lowest BCUT2D eigenvalue weighted by atomic mass is 10.1. The third kappa shape index (κ3) is 4.96. The molecule has 0 fully saturated rings. The van der Waals surface area contributed by atoms with Gasteiger partial charge in [-0.1, -0.05) is 53.3 Å². The topological polar surface area (TPSA) is 101 Å². The van der Waals surface area contributed by atoms with Gasteiger partial charge in [0.25, 0.3) is 15.9 Å². The molecule has 0 aliphatic rings. The molecule has 0 unspecified atom stereocenters. The molecular formula is C22H17ClN4O3S2. The zero-order valence-electron chi connectivity index (χ0n) is 16.7. The minimum absolute atomic E-state index is 0.161. The van der Waals surface area contributed by atoms with Gasteiger partial charge in [-0.2, -0.15) is 0 Å². The SMILES string of the molecule is Cc1cc(C(=O)Nc2nnc(-c3ccc(Cl)cc3)s2)ccc1NS(=O)(=O)c1ccccc1. The number of aryl methyl sites for hydroxylation is 1. The highest BCUT2D eigenvalue weighted by Gasteiger charge is 2.17. The van der Waals surface area contributed by atoms with E-state index in [1.165, 1.54) is 23.5 Å². The molecule has 32 heavy (non-hydrogen) atoms. The van der Waals surface area contributed by atoms with Crippen LogP contribution in [0.25, 0.3) is 10.6 Å². The van der Waals surface area contributed by atoms with Crippen LogP contribution in [0.15, 0.2) is 77.7 Å². The van der Waals surface area contributed by atoms with Crippen molar-refractivity contribution in [2.75, 3.05) is 10.0 Å². The number of nitrogens with one attached hydrogen (secondary N) is 2. The highest BCUT2D eigenvalue weighted by molar-refractivity contribution is 7.92. The number of nitrogens with zero attached hydrogens (tertiary/aromatic N) is 2. The van der Waals surface area contributed by atoms with Crippen LogP contribution in [0.4, 0.5) is 10.8 Å². The minimum atomic E-state index is -3.72. The summed E-state index contributed by atoms with van der Waals surface area (Å²) in [6.07, 6.45) is 0. The summed E-state index contributed by atoms with van der Waals surface area (Å²) >= 11 is 7.14. The van der Waals surface area contributed by atoms with E-state index in [4.69, 9.17) is 11.6 Å². The molecule has 0 atom stereocenters. The van der Waals surface area contributed by atoms with Gasteiger partial charge in [0.2, 0.25) is 5.13 Å². The number of carbonyl (C=O) groups is 1. The highest BCUT2D eigenvalue weighted by atomic mass is 35.5. The van der Waals surface area contributed by atoms with Gasteiger partial charge in [-0.15, -0.1) is 10.2 Å². The summed E-state index contributed by atoms with van der Waals surface area (Å²) in [5, 5.41) is 12.5. The summed E-state index contributed by atoms with van der Waals surface area (Å²) in [6, 6.07) is 20.0. The molecule has 2 N–H and O–H groups in total. The molecule has 4 aromatic rings. The molecule has 162 valence electrons. The van der Waals surface area contributed by atoms with Gasteiger partial charge in [0, 0.05) is 16.1 Å². The third-order valence-corrected chi connectivity index (χ3v) is 7.04. The smallest absolute Gasteiger partial charge is 0.261 e. The Morgan fingerprint density at radius 1 is 0.969 bits per heavy atom. The summed E-state index contributed by atoms with van der Waals surface area (Å²) < 4.78 is 27.6. The first kappa shape index (κ1) is 21.9. The zero-order chi connectivity index (χ0) is 22.7. The van der Waals surface area contributed by atoms with Crippen LogP contribution in [0.3, 0.4) is 0 Å². The Hall–Kier alpha value is -3.27. The molecule has 0 aliphatic carbocycles.